The Morgan fingerprint density at radius 2 is 1.76 bits per heavy atom. The van der Waals surface area contributed by atoms with Gasteiger partial charge in [0.15, 0.2) is 6.61 Å². The second kappa shape index (κ2) is 7.98. The molecule has 0 aliphatic heterocycles. The second-order valence-corrected chi connectivity index (χ2v) is 5.73. The van der Waals surface area contributed by atoms with Crippen LogP contribution in [0.25, 0.3) is 0 Å². The van der Waals surface area contributed by atoms with E-state index in [0.717, 1.165) is 0 Å². The molecule has 0 unspecified atom stereocenters. The number of nitrogens with one attached hydrogen (secondary N) is 1. The van der Waals surface area contributed by atoms with Crippen LogP contribution in [-0.2, 0) is 9.47 Å². The Balaban J connectivity index is 2.13. The summed E-state index contributed by atoms with van der Waals surface area (Å²) in [7, 11) is 0. The van der Waals surface area contributed by atoms with Crippen LogP contribution in [0.1, 0.15) is 49.4 Å². The number of hydrogen-bond acceptors (Lipinski definition) is 5. The summed E-state index contributed by atoms with van der Waals surface area (Å²) in [5.41, 5.74) is 1.59. The van der Waals surface area contributed by atoms with Crippen LogP contribution in [0.5, 0.6) is 0 Å². The van der Waals surface area contributed by atoms with Crippen molar-refractivity contribution in [3.63, 3.8) is 0 Å². The van der Waals surface area contributed by atoms with E-state index < -0.39 is 24.3 Å². The molecular formula is C18H18ClNO5. The van der Waals surface area contributed by atoms with Crippen LogP contribution < -0.4 is 0 Å². The van der Waals surface area contributed by atoms with Gasteiger partial charge in [-0.25, -0.2) is 9.59 Å². The lowest BCUT2D eigenvalue weighted by atomic mass is 10.1. The number of carbonyl (C=O) groups is 3. The first kappa shape index (κ1) is 18.7. The number of ether oxygens (including phenoxy) is 2. The second-order valence-electron chi connectivity index (χ2n) is 5.32. The van der Waals surface area contributed by atoms with Crippen molar-refractivity contribution in [1.29, 1.82) is 0 Å². The summed E-state index contributed by atoms with van der Waals surface area (Å²) in [6, 6.07) is 6.52. The molecule has 0 radical (unpaired) electrons. The molecule has 1 N–H and O–H groups in total. The van der Waals surface area contributed by atoms with Crippen molar-refractivity contribution in [3.8, 4) is 0 Å². The van der Waals surface area contributed by atoms with E-state index in [0.29, 0.717) is 16.3 Å². The highest BCUT2D eigenvalue weighted by Gasteiger charge is 2.24. The first-order chi connectivity index (χ1) is 11.9. The first-order valence-electron chi connectivity index (χ1n) is 7.67. The van der Waals surface area contributed by atoms with Gasteiger partial charge >= 0.3 is 11.9 Å². The predicted octanol–water partition coefficient (Wildman–Crippen LogP) is 3.50. The van der Waals surface area contributed by atoms with Crippen LogP contribution in [0, 0.1) is 13.8 Å². The monoisotopic (exact) mass is 363 g/mol. The minimum atomic E-state index is -0.692. The molecule has 0 amide bonds. The number of esters is 2. The number of rotatable bonds is 6. The third-order valence-electron chi connectivity index (χ3n) is 3.63. The third kappa shape index (κ3) is 4.09. The van der Waals surface area contributed by atoms with Gasteiger partial charge in [0.1, 0.15) is 5.69 Å². The molecule has 2 aromatic rings. The number of H-pyrrole nitrogens is 1. The van der Waals surface area contributed by atoms with Crippen molar-refractivity contribution < 1.29 is 23.9 Å². The van der Waals surface area contributed by atoms with Crippen molar-refractivity contribution in [2.45, 2.75) is 20.8 Å². The van der Waals surface area contributed by atoms with E-state index >= 15 is 0 Å². The Kier molecular flexibility index (Phi) is 5.98. The summed E-state index contributed by atoms with van der Waals surface area (Å²) < 4.78 is 10.0. The summed E-state index contributed by atoms with van der Waals surface area (Å²) in [5, 5.41) is 0.294. The van der Waals surface area contributed by atoms with Gasteiger partial charge in [-0.3, -0.25) is 4.79 Å². The standard InChI is InChI=1S/C18H18ClNO5/c1-4-24-18(23)16-10(2)15(11(3)20-16)17(22)25-9-14(21)12-7-5-6-8-13(12)19/h5-8,20H,4,9H2,1-3H3. The average molecular weight is 364 g/mol. The number of ketones is 1. The summed E-state index contributed by atoms with van der Waals surface area (Å²) in [5.74, 6) is -1.65. The molecule has 0 saturated carbocycles. The van der Waals surface area contributed by atoms with Crippen LogP contribution in [0.15, 0.2) is 24.3 Å². The molecule has 0 fully saturated rings. The highest BCUT2D eigenvalue weighted by molar-refractivity contribution is 6.34. The van der Waals surface area contributed by atoms with Gasteiger partial charge in [-0.2, -0.15) is 0 Å². The number of carbonyl (C=O) groups excluding carboxylic acids is 3. The zero-order valence-corrected chi connectivity index (χ0v) is 14.9. The van der Waals surface area contributed by atoms with Crippen LogP contribution in [-0.4, -0.2) is 35.9 Å². The normalized spacial score (nSPS) is 10.4. The van der Waals surface area contributed by atoms with E-state index in [2.05, 4.69) is 4.98 Å². The van der Waals surface area contributed by atoms with E-state index in [-0.39, 0.29) is 23.4 Å². The maximum Gasteiger partial charge on any atom is 0.355 e. The Morgan fingerprint density at radius 1 is 1.08 bits per heavy atom. The number of aryl methyl sites for hydroxylation is 1. The molecule has 0 aliphatic carbocycles. The fourth-order valence-electron chi connectivity index (χ4n) is 2.43. The van der Waals surface area contributed by atoms with E-state index in [1.807, 2.05) is 0 Å². The molecule has 1 aromatic carbocycles. The Hall–Kier alpha value is -2.60. The summed E-state index contributed by atoms with van der Waals surface area (Å²) >= 11 is 5.95. The maximum atomic E-state index is 12.3. The highest BCUT2D eigenvalue weighted by atomic mass is 35.5. The van der Waals surface area contributed by atoms with Gasteiger partial charge in [0.25, 0.3) is 0 Å². The van der Waals surface area contributed by atoms with Crippen molar-refractivity contribution >= 4 is 29.3 Å². The van der Waals surface area contributed by atoms with Crippen molar-refractivity contribution in [3.05, 3.63) is 57.4 Å². The number of Topliss-reactive ketones (excluding diaryl/α,β-unsaturated/α-hetero) is 1. The van der Waals surface area contributed by atoms with Crippen LogP contribution >= 0.6 is 11.6 Å². The first-order valence-corrected chi connectivity index (χ1v) is 8.05. The van der Waals surface area contributed by atoms with Crippen molar-refractivity contribution in [2.75, 3.05) is 13.2 Å². The predicted molar refractivity (Wildman–Crippen MR) is 92.3 cm³/mol. The Morgan fingerprint density at radius 3 is 2.40 bits per heavy atom. The Labute approximate surface area is 150 Å². The molecule has 25 heavy (non-hydrogen) atoms. The summed E-state index contributed by atoms with van der Waals surface area (Å²) in [6.45, 7) is 4.73. The lowest BCUT2D eigenvalue weighted by Crippen LogP contribution is -2.15. The Bertz CT molecular complexity index is 825. The molecule has 0 aliphatic rings. The quantitative estimate of drug-likeness (QED) is 0.627. The minimum absolute atomic E-state index is 0.198. The average Bonchev–Trinajstić information content (AvgIpc) is 2.87. The van der Waals surface area contributed by atoms with Gasteiger partial charge in [0.05, 0.1) is 17.2 Å². The van der Waals surface area contributed by atoms with E-state index in [1.54, 1.807) is 45.0 Å². The van der Waals surface area contributed by atoms with Crippen molar-refractivity contribution in [1.82, 2.24) is 4.98 Å². The smallest absolute Gasteiger partial charge is 0.355 e. The molecule has 7 heteroatoms. The van der Waals surface area contributed by atoms with Gasteiger partial charge < -0.3 is 14.5 Å². The summed E-state index contributed by atoms with van der Waals surface area (Å²) in [6.07, 6.45) is 0. The van der Waals surface area contributed by atoms with Crippen LogP contribution in [0.2, 0.25) is 5.02 Å². The van der Waals surface area contributed by atoms with Gasteiger partial charge in [-0.05, 0) is 38.5 Å². The third-order valence-corrected chi connectivity index (χ3v) is 3.96. The van der Waals surface area contributed by atoms with Gasteiger partial charge in [0.2, 0.25) is 5.78 Å². The fourth-order valence-corrected chi connectivity index (χ4v) is 2.67. The maximum absolute atomic E-state index is 12.3. The molecule has 0 saturated heterocycles. The number of aromatic amines is 1. The topological polar surface area (TPSA) is 85.5 Å². The lowest BCUT2D eigenvalue weighted by Gasteiger charge is -2.06. The van der Waals surface area contributed by atoms with Crippen LogP contribution in [0.3, 0.4) is 0 Å². The molecule has 2 rings (SSSR count). The largest absolute Gasteiger partial charge is 0.461 e. The number of benzene rings is 1. The molecule has 0 bridgehead atoms. The minimum Gasteiger partial charge on any atom is -0.461 e. The molecule has 0 spiro atoms. The zero-order valence-electron chi connectivity index (χ0n) is 14.1. The summed E-state index contributed by atoms with van der Waals surface area (Å²) in [4.78, 5) is 39.1. The van der Waals surface area contributed by atoms with Gasteiger partial charge in [-0.1, -0.05) is 23.7 Å². The number of hydrogen-bond donors (Lipinski definition) is 1. The highest BCUT2D eigenvalue weighted by Crippen LogP contribution is 2.20. The SMILES string of the molecule is CCOC(=O)c1[nH]c(C)c(C(=O)OCC(=O)c2ccccc2Cl)c1C. The van der Waals surface area contributed by atoms with E-state index in [1.165, 1.54) is 0 Å². The molecular weight excluding hydrogens is 346 g/mol. The molecule has 132 valence electrons. The van der Waals surface area contributed by atoms with E-state index in [9.17, 15) is 14.4 Å². The molecule has 1 heterocycles. The van der Waals surface area contributed by atoms with Crippen LogP contribution in [0.4, 0.5) is 0 Å². The molecule has 0 atom stereocenters. The van der Waals surface area contributed by atoms with Gasteiger partial charge in [0, 0.05) is 11.3 Å². The van der Waals surface area contributed by atoms with Gasteiger partial charge in [-0.15, -0.1) is 0 Å². The van der Waals surface area contributed by atoms with Crippen molar-refractivity contribution in [2.24, 2.45) is 0 Å². The lowest BCUT2D eigenvalue weighted by molar-refractivity contribution is 0.0473. The number of aromatic nitrogens is 1. The molecule has 1 aromatic heterocycles. The zero-order chi connectivity index (χ0) is 18.6. The number of halogens is 1. The fraction of sp³-hybridized carbons (Fsp3) is 0.278. The van der Waals surface area contributed by atoms with E-state index in [4.69, 9.17) is 21.1 Å². The molecule has 6 nitrogen and oxygen atoms in total.